The Hall–Kier alpha value is -0.710. The average Bonchev–Trinajstić information content (AvgIpc) is 2.38. The predicted molar refractivity (Wildman–Crippen MR) is 78.1 cm³/mol. The number of hydrogen-bond acceptors (Lipinski definition) is 3. The molecule has 1 rings (SSSR count). The Labute approximate surface area is 118 Å². The molecule has 0 fully saturated rings. The molecule has 2 atom stereocenters. The minimum absolute atomic E-state index is 0.0609. The van der Waals surface area contributed by atoms with Gasteiger partial charge in [-0.2, -0.15) is 0 Å². The maximum absolute atomic E-state index is 12.1. The van der Waals surface area contributed by atoms with Gasteiger partial charge in [-0.1, -0.05) is 11.6 Å². The molecule has 0 saturated carbocycles. The first-order valence-electron chi connectivity index (χ1n) is 5.84. The van der Waals surface area contributed by atoms with Gasteiger partial charge in [0.2, 0.25) is 5.91 Å². The van der Waals surface area contributed by atoms with Crippen molar-refractivity contribution in [2.24, 2.45) is 5.73 Å². The highest BCUT2D eigenvalue weighted by molar-refractivity contribution is 8.00. The second-order valence-electron chi connectivity index (χ2n) is 4.25. The highest BCUT2D eigenvalue weighted by Gasteiger charge is 2.21. The van der Waals surface area contributed by atoms with Crippen molar-refractivity contribution in [3.05, 3.63) is 29.3 Å². The van der Waals surface area contributed by atoms with Crippen LogP contribution in [-0.2, 0) is 4.79 Å². The van der Waals surface area contributed by atoms with Gasteiger partial charge in [-0.15, -0.1) is 11.8 Å². The third-order valence-corrected chi connectivity index (χ3v) is 4.18. The van der Waals surface area contributed by atoms with Crippen molar-refractivity contribution in [1.82, 2.24) is 4.90 Å². The van der Waals surface area contributed by atoms with E-state index in [4.69, 9.17) is 17.3 Å². The Morgan fingerprint density at radius 1 is 1.39 bits per heavy atom. The van der Waals surface area contributed by atoms with Crippen LogP contribution in [-0.4, -0.2) is 35.7 Å². The van der Waals surface area contributed by atoms with Crippen molar-refractivity contribution in [2.45, 2.75) is 30.0 Å². The van der Waals surface area contributed by atoms with Crippen LogP contribution in [0.5, 0.6) is 0 Å². The number of likely N-dealkylation sites (N-methyl/N-ethyl adjacent to an activating group) is 1. The highest BCUT2D eigenvalue weighted by Crippen LogP contribution is 2.25. The molecular formula is C13H19ClN2OS. The smallest absolute Gasteiger partial charge is 0.235 e. The second-order valence-corrected chi connectivity index (χ2v) is 6.10. The summed E-state index contributed by atoms with van der Waals surface area (Å²) in [4.78, 5) is 14.9. The molecule has 3 nitrogen and oxygen atoms in total. The van der Waals surface area contributed by atoms with Gasteiger partial charge in [0.1, 0.15) is 0 Å². The van der Waals surface area contributed by atoms with Gasteiger partial charge >= 0.3 is 0 Å². The van der Waals surface area contributed by atoms with E-state index in [0.717, 1.165) is 4.90 Å². The average molecular weight is 287 g/mol. The Morgan fingerprint density at radius 3 is 2.44 bits per heavy atom. The van der Waals surface area contributed by atoms with Crippen molar-refractivity contribution < 1.29 is 4.79 Å². The largest absolute Gasteiger partial charge is 0.341 e. The number of benzene rings is 1. The van der Waals surface area contributed by atoms with Crippen LogP contribution in [0.25, 0.3) is 0 Å². The highest BCUT2D eigenvalue weighted by atomic mass is 35.5. The molecule has 1 amide bonds. The molecular weight excluding hydrogens is 268 g/mol. The molecule has 0 heterocycles. The Bertz CT molecular complexity index is 396. The van der Waals surface area contributed by atoms with Crippen LogP contribution in [0.2, 0.25) is 5.02 Å². The molecule has 0 aliphatic rings. The van der Waals surface area contributed by atoms with Crippen LogP contribution < -0.4 is 5.73 Å². The van der Waals surface area contributed by atoms with Gasteiger partial charge in [0.15, 0.2) is 0 Å². The molecule has 0 aliphatic heterocycles. The molecule has 0 aromatic heterocycles. The van der Waals surface area contributed by atoms with Crippen LogP contribution in [0.3, 0.4) is 0 Å². The van der Waals surface area contributed by atoms with Crippen molar-refractivity contribution in [3.8, 4) is 0 Å². The molecule has 1 aromatic rings. The number of rotatable bonds is 5. The van der Waals surface area contributed by atoms with E-state index >= 15 is 0 Å². The fraction of sp³-hybridized carbons (Fsp3) is 0.462. The van der Waals surface area contributed by atoms with Gasteiger partial charge < -0.3 is 10.6 Å². The Morgan fingerprint density at radius 2 is 1.94 bits per heavy atom. The molecule has 0 spiro atoms. The van der Waals surface area contributed by atoms with E-state index in [1.54, 1.807) is 11.9 Å². The van der Waals surface area contributed by atoms with E-state index in [9.17, 15) is 4.79 Å². The lowest BCUT2D eigenvalue weighted by molar-refractivity contribution is -0.130. The minimum Gasteiger partial charge on any atom is -0.341 e. The number of thioether (sulfide) groups is 1. The molecule has 0 radical (unpaired) electrons. The van der Waals surface area contributed by atoms with Crippen LogP contribution in [0.1, 0.15) is 13.8 Å². The molecule has 2 N–H and O–H groups in total. The normalized spacial score (nSPS) is 14.1. The molecule has 100 valence electrons. The maximum atomic E-state index is 12.1. The Kier molecular flexibility index (Phi) is 5.99. The van der Waals surface area contributed by atoms with Gasteiger partial charge in [-0.25, -0.2) is 0 Å². The molecule has 5 heteroatoms. The second kappa shape index (κ2) is 7.02. The van der Waals surface area contributed by atoms with Gasteiger partial charge in [0.05, 0.1) is 5.25 Å². The van der Waals surface area contributed by atoms with E-state index in [2.05, 4.69) is 0 Å². The van der Waals surface area contributed by atoms with Gasteiger partial charge in [-0.3, -0.25) is 4.79 Å². The Balaban J connectivity index is 2.62. The molecule has 18 heavy (non-hydrogen) atoms. The van der Waals surface area contributed by atoms with Crippen molar-refractivity contribution in [2.75, 3.05) is 13.6 Å². The molecule has 0 bridgehead atoms. The topological polar surface area (TPSA) is 46.3 Å². The molecule has 2 unspecified atom stereocenters. The number of carbonyl (C=O) groups excluding carboxylic acids is 1. The molecule has 0 saturated heterocycles. The van der Waals surface area contributed by atoms with Gasteiger partial charge in [0, 0.05) is 29.6 Å². The van der Waals surface area contributed by atoms with Crippen molar-refractivity contribution in [1.29, 1.82) is 0 Å². The van der Waals surface area contributed by atoms with Gasteiger partial charge in [0.25, 0.3) is 0 Å². The number of hydrogen-bond donors (Lipinski definition) is 1. The number of carbonyl (C=O) groups is 1. The van der Waals surface area contributed by atoms with Crippen LogP contribution in [0.15, 0.2) is 29.2 Å². The standard InChI is InChI=1S/C13H19ClN2OS/c1-9(8-15)16(3)13(17)10(2)18-12-6-4-11(14)5-7-12/h4-7,9-10H,8,15H2,1-3H3. The summed E-state index contributed by atoms with van der Waals surface area (Å²) in [6.07, 6.45) is 0. The fourth-order valence-corrected chi connectivity index (χ4v) is 2.52. The summed E-state index contributed by atoms with van der Waals surface area (Å²) in [5.41, 5.74) is 5.56. The lowest BCUT2D eigenvalue weighted by atomic mass is 10.3. The first kappa shape index (κ1) is 15.3. The summed E-state index contributed by atoms with van der Waals surface area (Å²) in [6, 6.07) is 7.55. The summed E-state index contributed by atoms with van der Waals surface area (Å²) in [5, 5.41) is 0.567. The number of amides is 1. The van der Waals surface area contributed by atoms with E-state index in [-0.39, 0.29) is 17.2 Å². The van der Waals surface area contributed by atoms with Crippen molar-refractivity contribution in [3.63, 3.8) is 0 Å². The molecule has 1 aromatic carbocycles. The third kappa shape index (κ3) is 4.19. The molecule has 0 aliphatic carbocycles. The number of nitrogens with zero attached hydrogens (tertiary/aromatic N) is 1. The van der Waals surface area contributed by atoms with E-state index in [1.807, 2.05) is 38.1 Å². The number of nitrogens with two attached hydrogens (primary N) is 1. The van der Waals surface area contributed by atoms with Crippen LogP contribution in [0.4, 0.5) is 0 Å². The zero-order chi connectivity index (χ0) is 13.7. The summed E-state index contributed by atoms with van der Waals surface area (Å²) in [6.45, 7) is 4.32. The first-order valence-corrected chi connectivity index (χ1v) is 7.10. The van der Waals surface area contributed by atoms with Crippen LogP contribution in [0, 0.1) is 0 Å². The quantitative estimate of drug-likeness (QED) is 0.847. The zero-order valence-electron chi connectivity index (χ0n) is 10.9. The van der Waals surface area contributed by atoms with E-state index in [1.165, 1.54) is 11.8 Å². The van der Waals surface area contributed by atoms with Gasteiger partial charge in [-0.05, 0) is 38.1 Å². The fourth-order valence-electron chi connectivity index (χ4n) is 1.43. The maximum Gasteiger partial charge on any atom is 0.235 e. The summed E-state index contributed by atoms with van der Waals surface area (Å²) in [5.74, 6) is 0.0906. The third-order valence-electron chi connectivity index (χ3n) is 2.82. The first-order chi connectivity index (χ1) is 8.45. The monoisotopic (exact) mass is 286 g/mol. The SMILES string of the molecule is CC(Sc1ccc(Cl)cc1)C(=O)N(C)C(C)CN. The lowest BCUT2D eigenvalue weighted by Gasteiger charge is -2.26. The summed E-state index contributed by atoms with van der Waals surface area (Å²) >= 11 is 7.35. The minimum atomic E-state index is -0.134. The summed E-state index contributed by atoms with van der Waals surface area (Å²) < 4.78 is 0. The van der Waals surface area contributed by atoms with E-state index < -0.39 is 0 Å². The predicted octanol–water partition coefficient (Wildman–Crippen LogP) is 2.63. The van der Waals surface area contributed by atoms with E-state index in [0.29, 0.717) is 11.6 Å². The summed E-state index contributed by atoms with van der Waals surface area (Å²) in [7, 11) is 1.79. The lowest BCUT2D eigenvalue weighted by Crippen LogP contribution is -2.43. The number of halogens is 1. The van der Waals surface area contributed by atoms with Crippen LogP contribution >= 0.6 is 23.4 Å². The zero-order valence-corrected chi connectivity index (χ0v) is 12.5. The van der Waals surface area contributed by atoms with Crippen molar-refractivity contribution >= 4 is 29.3 Å².